The van der Waals surface area contributed by atoms with E-state index < -0.39 is 17.8 Å². The predicted molar refractivity (Wildman–Crippen MR) is 115 cm³/mol. The molecule has 0 atom stereocenters. The van der Waals surface area contributed by atoms with Crippen LogP contribution in [0, 0.1) is 0 Å². The van der Waals surface area contributed by atoms with Gasteiger partial charge >= 0.3 is 12.2 Å². The highest BCUT2D eigenvalue weighted by atomic mass is 19.4. The van der Waals surface area contributed by atoms with Crippen molar-refractivity contribution in [3.8, 4) is 5.75 Å². The van der Waals surface area contributed by atoms with Crippen molar-refractivity contribution in [2.75, 3.05) is 38.1 Å². The van der Waals surface area contributed by atoms with Gasteiger partial charge in [-0.15, -0.1) is 0 Å². The lowest BCUT2D eigenvalue weighted by Gasteiger charge is -2.23. The van der Waals surface area contributed by atoms with Gasteiger partial charge < -0.3 is 19.9 Å². The van der Waals surface area contributed by atoms with Gasteiger partial charge in [-0.3, -0.25) is 4.79 Å². The summed E-state index contributed by atoms with van der Waals surface area (Å²) >= 11 is 0. The van der Waals surface area contributed by atoms with Crippen molar-refractivity contribution >= 4 is 17.6 Å². The number of benzene rings is 2. The molecule has 1 aliphatic heterocycles. The van der Waals surface area contributed by atoms with Gasteiger partial charge in [-0.25, -0.2) is 4.79 Å². The number of alkyl halides is 3. The van der Waals surface area contributed by atoms with Crippen molar-refractivity contribution in [2.24, 2.45) is 0 Å². The molecule has 0 radical (unpaired) electrons. The number of urea groups is 1. The minimum absolute atomic E-state index is 0.0280. The van der Waals surface area contributed by atoms with E-state index in [9.17, 15) is 22.8 Å². The Bertz CT molecular complexity index is 935. The van der Waals surface area contributed by atoms with Crippen LogP contribution in [-0.4, -0.2) is 54.5 Å². The second-order valence-corrected chi connectivity index (χ2v) is 7.49. The second-order valence-electron chi connectivity index (χ2n) is 7.49. The van der Waals surface area contributed by atoms with Gasteiger partial charge in [0.15, 0.2) is 0 Å². The largest absolute Gasteiger partial charge is 0.491 e. The molecule has 172 valence electrons. The SMILES string of the molecule is CCCOc1ccc(C(F)(F)F)cc1NC(=O)N1CCCN(C(=O)c2ccccc2)CC1. The Balaban J connectivity index is 1.69. The zero-order valence-corrected chi connectivity index (χ0v) is 17.8. The first-order valence-corrected chi connectivity index (χ1v) is 10.5. The smallest absolute Gasteiger partial charge is 0.416 e. The van der Waals surface area contributed by atoms with Crippen LogP contribution in [0.25, 0.3) is 0 Å². The van der Waals surface area contributed by atoms with E-state index in [-0.39, 0.29) is 23.9 Å². The van der Waals surface area contributed by atoms with Crippen LogP contribution in [0.15, 0.2) is 48.5 Å². The minimum Gasteiger partial charge on any atom is -0.491 e. The molecule has 1 heterocycles. The number of carbonyl (C=O) groups excluding carboxylic acids is 2. The van der Waals surface area contributed by atoms with Gasteiger partial charge in [0.1, 0.15) is 5.75 Å². The Morgan fingerprint density at radius 2 is 1.69 bits per heavy atom. The van der Waals surface area contributed by atoms with E-state index in [0.29, 0.717) is 44.6 Å². The second kappa shape index (κ2) is 10.4. The summed E-state index contributed by atoms with van der Waals surface area (Å²) in [5.41, 5.74) is -0.320. The summed E-state index contributed by atoms with van der Waals surface area (Å²) in [4.78, 5) is 28.7. The van der Waals surface area contributed by atoms with Crippen molar-refractivity contribution in [1.29, 1.82) is 0 Å². The van der Waals surface area contributed by atoms with Crippen LogP contribution in [0.5, 0.6) is 5.75 Å². The summed E-state index contributed by atoms with van der Waals surface area (Å²) in [6, 6.07) is 11.4. The molecule has 0 bridgehead atoms. The van der Waals surface area contributed by atoms with Crippen LogP contribution >= 0.6 is 0 Å². The zero-order chi connectivity index (χ0) is 23.1. The quantitative estimate of drug-likeness (QED) is 0.708. The van der Waals surface area contributed by atoms with E-state index in [0.717, 1.165) is 12.1 Å². The number of amides is 3. The lowest BCUT2D eigenvalue weighted by Crippen LogP contribution is -2.39. The molecule has 0 saturated carbocycles. The molecular weight excluding hydrogens is 423 g/mol. The number of hydrogen-bond donors (Lipinski definition) is 1. The van der Waals surface area contributed by atoms with Crippen LogP contribution in [0.3, 0.4) is 0 Å². The molecular formula is C23H26F3N3O3. The lowest BCUT2D eigenvalue weighted by atomic mass is 10.1. The number of nitrogens with one attached hydrogen (secondary N) is 1. The summed E-state index contributed by atoms with van der Waals surface area (Å²) < 4.78 is 45.0. The maximum Gasteiger partial charge on any atom is 0.416 e. The van der Waals surface area contributed by atoms with Crippen molar-refractivity contribution in [3.63, 3.8) is 0 Å². The molecule has 1 N–H and O–H groups in total. The van der Waals surface area contributed by atoms with Crippen molar-refractivity contribution < 1.29 is 27.5 Å². The molecule has 32 heavy (non-hydrogen) atoms. The Morgan fingerprint density at radius 3 is 2.38 bits per heavy atom. The molecule has 9 heteroatoms. The first kappa shape index (κ1) is 23.4. The van der Waals surface area contributed by atoms with Gasteiger partial charge in [0.25, 0.3) is 5.91 Å². The number of anilines is 1. The average Bonchev–Trinajstić information content (AvgIpc) is 3.04. The number of nitrogens with zero attached hydrogens (tertiary/aromatic N) is 2. The topological polar surface area (TPSA) is 61.9 Å². The Kier molecular flexibility index (Phi) is 7.61. The number of ether oxygens (including phenoxy) is 1. The number of rotatable bonds is 5. The fourth-order valence-corrected chi connectivity index (χ4v) is 3.42. The highest BCUT2D eigenvalue weighted by Gasteiger charge is 2.32. The highest BCUT2D eigenvalue weighted by molar-refractivity contribution is 5.94. The Morgan fingerprint density at radius 1 is 1.00 bits per heavy atom. The summed E-state index contributed by atoms with van der Waals surface area (Å²) in [6.07, 6.45) is -3.30. The standard InChI is InChI=1S/C23H26F3N3O3/c1-2-15-32-20-10-9-18(23(24,25)26)16-19(20)27-22(31)29-12-6-11-28(13-14-29)21(30)17-7-4-3-5-8-17/h3-5,7-10,16H,2,6,11-15H2,1H3,(H,27,31). The van der Waals surface area contributed by atoms with E-state index in [1.807, 2.05) is 13.0 Å². The van der Waals surface area contributed by atoms with Crippen LogP contribution in [0.2, 0.25) is 0 Å². The molecule has 0 unspecified atom stereocenters. The normalized spacial score (nSPS) is 14.6. The van der Waals surface area contributed by atoms with Crippen molar-refractivity contribution in [1.82, 2.24) is 9.80 Å². The van der Waals surface area contributed by atoms with Crippen LogP contribution in [0.1, 0.15) is 35.7 Å². The number of halogens is 3. The van der Waals surface area contributed by atoms with E-state index in [2.05, 4.69) is 5.32 Å². The third kappa shape index (κ3) is 5.93. The summed E-state index contributed by atoms with van der Waals surface area (Å²) in [7, 11) is 0. The van der Waals surface area contributed by atoms with Gasteiger partial charge in [0.2, 0.25) is 0 Å². The Labute approximate surface area is 184 Å². The van der Waals surface area contributed by atoms with Crippen molar-refractivity contribution in [3.05, 3.63) is 59.7 Å². The van der Waals surface area contributed by atoms with Crippen LogP contribution in [0.4, 0.5) is 23.7 Å². The minimum atomic E-state index is -4.54. The summed E-state index contributed by atoms with van der Waals surface area (Å²) in [5, 5.41) is 2.56. The fraction of sp³-hybridized carbons (Fsp3) is 0.391. The maximum absolute atomic E-state index is 13.2. The van der Waals surface area contributed by atoms with Crippen LogP contribution < -0.4 is 10.1 Å². The Hall–Kier alpha value is -3.23. The monoisotopic (exact) mass is 449 g/mol. The number of carbonyl (C=O) groups is 2. The van der Waals surface area contributed by atoms with E-state index >= 15 is 0 Å². The maximum atomic E-state index is 13.2. The average molecular weight is 449 g/mol. The fourth-order valence-electron chi connectivity index (χ4n) is 3.42. The third-order valence-electron chi connectivity index (χ3n) is 5.10. The van der Waals surface area contributed by atoms with Gasteiger partial charge in [-0.2, -0.15) is 13.2 Å². The molecule has 1 aliphatic rings. The van der Waals surface area contributed by atoms with Gasteiger partial charge in [-0.05, 0) is 43.2 Å². The highest BCUT2D eigenvalue weighted by Crippen LogP contribution is 2.35. The first-order chi connectivity index (χ1) is 15.3. The summed E-state index contributed by atoms with van der Waals surface area (Å²) in [6.45, 7) is 3.68. The van der Waals surface area contributed by atoms with E-state index in [1.54, 1.807) is 29.2 Å². The molecule has 2 aromatic rings. The van der Waals surface area contributed by atoms with Gasteiger partial charge in [-0.1, -0.05) is 25.1 Å². The molecule has 3 rings (SSSR count). The van der Waals surface area contributed by atoms with E-state index in [4.69, 9.17) is 4.74 Å². The molecule has 0 aromatic heterocycles. The van der Waals surface area contributed by atoms with Gasteiger partial charge in [0.05, 0.1) is 17.9 Å². The third-order valence-corrected chi connectivity index (χ3v) is 5.10. The van der Waals surface area contributed by atoms with Crippen LogP contribution in [-0.2, 0) is 6.18 Å². The molecule has 1 saturated heterocycles. The predicted octanol–water partition coefficient (Wildman–Crippen LogP) is 4.87. The molecule has 6 nitrogen and oxygen atoms in total. The van der Waals surface area contributed by atoms with E-state index in [1.165, 1.54) is 11.0 Å². The molecule has 1 fully saturated rings. The lowest BCUT2D eigenvalue weighted by molar-refractivity contribution is -0.137. The van der Waals surface area contributed by atoms with Gasteiger partial charge in [0, 0.05) is 31.7 Å². The molecule has 0 aliphatic carbocycles. The first-order valence-electron chi connectivity index (χ1n) is 10.5. The molecule has 2 aromatic carbocycles. The number of hydrogen-bond acceptors (Lipinski definition) is 3. The molecule has 0 spiro atoms. The zero-order valence-electron chi connectivity index (χ0n) is 17.8. The van der Waals surface area contributed by atoms with Crippen molar-refractivity contribution in [2.45, 2.75) is 25.9 Å². The summed E-state index contributed by atoms with van der Waals surface area (Å²) in [5.74, 6) is 0.0740. The molecule has 3 amide bonds.